The van der Waals surface area contributed by atoms with Crippen LogP contribution in [0.2, 0.25) is 20.1 Å². The molecule has 4 aromatic carbocycles. The van der Waals surface area contributed by atoms with Crippen LogP contribution in [0.25, 0.3) is 0 Å². The summed E-state index contributed by atoms with van der Waals surface area (Å²) in [5.74, 6) is 0. The zero-order valence-corrected chi connectivity index (χ0v) is 65.9. The second kappa shape index (κ2) is 46.9. The van der Waals surface area contributed by atoms with Crippen LogP contribution in [0.1, 0.15) is 131 Å². The minimum atomic E-state index is -0.861. The molecule has 8 aromatic rings. The van der Waals surface area contributed by atoms with Gasteiger partial charge in [-0.3, -0.25) is 28.3 Å². The molecule has 0 fully saturated rings. The van der Waals surface area contributed by atoms with E-state index in [4.69, 9.17) is 46.4 Å². The summed E-state index contributed by atoms with van der Waals surface area (Å²) in [6.07, 6.45) is 19.8. The van der Waals surface area contributed by atoms with Gasteiger partial charge in [0, 0.05) is 48.3 Å². The second-order valence-corrected chi connectivity index (χ2v) is 29.9. The molecule has 4 aromatic heterocycles. The second-order valence-electron chi connectivity index (χ2n) is 28.1. The van der Waals surface area contributed by atoms with Gasteiger partial charge in [0.1, 0.15) is 50.6 Å². The zero-order chi connectivity index (χ0) is 70.6. The van der Waals surface area contributed by atoms with Crippen LogP contribution < -0.4 is 24.8 Å². The average Bonchev–Trinajstić information content (AvgIpc) is 1.46. The summed E-state index contributed by atoms with van der Waals surface area (Å²) in [7, 11) is 6.75. The fourth-order valence-electron chi connectivity index (χ4n) is 9.10. The molecule has 0 bridgehead atoms. The summed E-state index contributed by atoms with van der Waals surface area (Å²) in [6.45, 7) is 26.3. The summed E-state index contributed by atoms with van der Waals surface area (Å²) in [4.78, 5) is 37.5. The summed E-state index contributed by atoms with van der Waals surface area (Å²) in [5.41, 5.74) is 0.192. The number of aryl methyl sites for hydroxylation is 4. The maximum atomic E-state index is 11.1. The number of hydrogen-bond donors (Lipinski definition) is 4. The van der Waals surface area contributed by atoms with Crippen LogP contribution in [-0.2, 0) is 78.5 Å². The van der Waals surface area contributed by atoms with Gasteiger partial charge < -0.3 is 71.5 Å². The monoisotopic (exact) mass is 1560 g/mol. The molecule has 0 aliphatic carbocycles. The molecule has 0 saturated heterocycles. The molecule has 0 aliphatic rings. The molecule has 100 heavy (non-hydrogen) atoms. The molecule has 2 amide bonds. The number of carbonyl (C=O) groups excluding carboxylic acids is 2. The SMILES string of the molecule is CC(C)(C)[C@@](O)(CCc1ccc(Cl)cc1)Cn1cncn1.CC(C)(C)[C@@](O)(CCc1ccc(Cl)cc1)Cn1cncn1.CC(C)(C)[C@](O)(CCc1ccc(Cl)cc1)Cn1cncn1.CC(C)(C)[C@](O)(CCc1ccc(Cl)cc1)Cn1cncn1.CN(C)C=O.CN(C)C=O.O.O.O.[Cl-].[Cl-].[Cu+2]. The van der Waals surface area contributed by atoms with Crippen LogP contribution in [0.15, 0.2) is 148 Å². The van der Waals surface area contributed by atoms with Crippen molar-refractivity contribution in [2.24, 2.45) is 21.7 Å². The summed E-state index contributed by atoms with van der Waals surface area (Å²) >= 11 is 23.6. The van der Waals surface area contributed by atoms with E-state index in [2.05, 4.69) is 40.3 Å². The van der Waals surface area contributed by atoms with E-state index in [1.165, 1.54) is 57.4 Å². The van der Waals surface area contributed by atoms with Crippen molar-refractivity contribution >= 4 is 59.2 Å². The molecule has 23 nitrogen and oxygen atoms in total. The molecular formula is C70H108Cl6CuN14O9. The van der Waals surface area contributed by atoms with Crippen LogP contribution in [0.3, 0.4) is 0 Å². The molecule has 0 saturated carbocycles. The van der Waals surface area contributed by atoms with E-state index in [1.807, 2.05) is 180 Å². The molecule has 4 heterocycles. The quantitative estimate of drug-likeness (QED) is 0.0543. The van der Waals surface area contributed by atoms with Crippen LogP contribution in [0.5, 0.6) is 0 Å². The Morgan fingerprint density at radius 1 is 0.350 bits per heavy atom. The largest absolute Gasteiger partial charge is 2.00 e. The Kier molecular flexibility index (Phi) is 47.2. The molecule has 0 spiro atoms. The number of amides is 2. The van der Waals surface area contributed by atoms with Crippen LogP contribution >= 0.6 is 46.4 Å². The first-order valence-electron chi connectivity index (χ1n) is 31.2. The van der Waals surface area contributed by atoms with Gasteiger partial charge in [-0.25, -0.2) is 19.9 Å². The van der Waals surface area contributed by atoms with E-state index in [9.17, 15) is 30.0 Å². The van der Waals surface area contributed by atoms with E-state index in [1.54, 1.807) is 72.2 Å². The van der Waals surface area contributed by atoms with E-state index in [-0.39, 0.29) is 80.0 Å². The third-order valence-electron chi connectivity index (χ3n) is 16.5. The fourth-order valence-corrected chi connectivity index (χ4v) is 9.61. The normalized spacial score (nSPS) is 13.2. The van der Waals surface area contributed by atoms with E-state index in [0.29, 0.717) is 51.9 Å². The first-order chi connectivity index (χ1) is 43.7. The molecule has 10 N–H and O–H groups in total. The Morgan fingerprint density at radius 3 is 0.610 bits per heavy atom. The van der Waals surface area contributed by atoms with Crippen molar-refractivity contribution in [1.82, 2.24) is 68.9 Å². The van der Waals surface area contributed by atoms with Gasteiger partial charge in [-0.15, -0.1) is 0 Å². The zero-order valence-electron chi connectivity index (χ0n) is 60.4. The Labute approximate surface area is 635 Å². The molecule has 0 aliphatic heterocycles. The average molecular weight is 1570 g/mol. The van der Waals surface area contributed by atoms with E-state index >= 15 is 0 Å². The van der Waals surface area contributed by atoms with Crippen molar-refractivity contribution in [2.75, 3.05) is 28.2 Å². The Morgan fingerprint density at radius 2 is 0.500 bits per heavy atom. The summed E-state index contributed by atoms with van der Waals surface area (Å²) < 4.78 is 6.75. The predicted octanol–water partition coefficient (Wildman–Crippen LogP) is 4.31. The van der Waals surface area contributed by atoms with Gasteiger partial charge in [0.2, 0.25) is 12.8 Å². The number of hydrogen-bond acceptors (Lipinski definition) is 14. The van der Waals surface area contributed by atoms with Crippen molar-refractivity contribution in [2.45, 2.75) is 183 Å². The first-order valence-corrected chi connectivity index (χ1v) is 32.7. The number of halogens is 6. The molecule has 30 heteroatoms. The minimum Gasteiger partial charge on any atom is -1.00 e. The van der Waals surface area contributed by atoms with E-state index in [0.717, 1.165) is 58.6 Å². The van der Waals surface area contributed by atoms with Gasteiger partial charge in [0.15, 0.2) is 0 Å². The van der Waals surface area contributed by atoms with Crippen molar-refractivity contribution in [1.29, 1.82) is 0 Å². The van der Waals surface area contributed by atoms with Crippen molar-refractivity contribution in [3.05, 3.63) is 190 Å². The molecule has 0 unspecified atom stereocenters. The number of aromatic nitrogens is 12. The molecule has 1 radical (unpaired) electrons. The van der Waals surface area contributed by atoms with Gasteiger partial charge in [-0.1, -0.05) is 178 Å². The van der Waals surface area contributed by atoms with E-state index < -0.39 is 22.4 Å². The van der Waals surface area contributed by atoms with Gasteiger partial charge in [-0.2, -0.15) is 20.4 Å². The number of carbonyl (C=O) groups is 2. The number of nitrogens with zero attached hydrogens (tertiary/aromatic N) is 14. The van der Waals surface area contributed by atoms with Crippen LogP contribution in [0, 0.1) is 21.7 Å². The predicted molar refractivity (Wildman–Crippen MR) is 387 cm³/mol. The number of rotatable bonds is 22. The van der Waals surface area contributed by atoms with Crippen molar-refractivity contribution in [3.63, 3.8) is 0 Å². The van der Waals surface area contributed by atoms with Gasteiger partial charge in [-0.05, 0) is 144 Å². The standard InChI is InChI=1S/4C16H22ClN3O.2C3H7NO.2ClH.Cu.3H2O/c4*1-15(2,3)16(21,10-20-12-18-11-19-20)9-8-13-4-6-14(17)7-5-13;2*1-4(2)3-5;;;;;;/h4*4-7,11-12,21H,8-10H2,1-3H3;2*3H,1-2H3;2*1H;;3*1H2/q;;;;;;;;+2;;;/p-2/t4*16-;;;;;;;;/m1100......../s1. The maximum absolute atomic E-state index is 11.1. The first kappa shape index (κ1) is 101. The summed E-state index contributed by atoms with van der Waals surface area (Å²) in [5, 5.41) is 63.8. The maximum Gasteiger partial charge on any atom is 2.00 e. The fraction of sp³-hybridized carbons (Fsp3) is 0.514. The number of benzene rings is 4. The summed E-state index contributed by atoms with van der Waals surface area (Å²) in [6, 6.07) is 31.0. The Bertz CT molecular complexity index is 2910. The minimum absolute atomic E-state index is 0. The van der Waals surface area contributed by atoms with Gasteiger partial charge >= 0.3 is 17.1 Å². The van der Waals surface area contributed by atoms with Gasteiger partial charge in [0.25, 0.3) is 0 Å². The Balaban J connectivity index is -0.000000575. The molecule has 8 rings (SSSR count). The molecule has 4 atom stereocenters. The van der Waals surface area contributed by atoms with Crippen molar-refractivity contribution < 1.29 is 88.3 Å². The molecular weight excluding hydrogens is 1460 g/mol. The van der Waals surface area contributed by atoms with Gasteiger partial charge in [0.05, 0.1) is 48.6 Å². The smallest absolute Gasteiger partial charge is 1.00 e. The third-order valence-corrected chi connectivity index (χ3v) is 17.5. The van der Waals surface area contributed by atoms with Crippen molar-refractivity contribution in [3.8, 4) is 0 Å². The Hall–Kier alpha value is -5.64. The third kappa shape index (κ3) is 36.0. The van der Waals surface area contributed by atoms with Crippen LogP contribution in [0.4, 0.5) is 0 Å². The topological polar surface area (TPSA) is 339 Å². The molecule has 565 valence electrons. The number of aliphatic hydroxyl groups is 4. The van der Waals surface area contributed by atoms with Crippen LogP contribution in [-0.4, -0.2) is 169 Å².